The van der Waals surface area contributed by atoms with E-state index >= 15 is 0 Å². The summed E-state index contributed by atoms with van der Waals surface area (Å²) in [5, 5.41) is 0. The number of Topliss-reactive ketones (excluding diaryl/α,β-unsaturated/α-hetero) is 1. The molecule has 1 aromatic heterocycles. The van der Waals surface area contributed by atoms with Crippen molar-refractivity contribution in [2.24, 2.45) is 11.1 Å². The molecule has 0 atom stereocenters. The lowest BCUT2D eigenvalue weighted by Crippen LogP contribution is -2.26. The van der Waals surface area contributed by atoms with Crippen LogP contribution < -0.4 is 10.5 Å². The second kappa shape index (κ2) is 5.07. The lowest BCUT2D eigenvalue weighted by Gasteiger charge is -2.16. The fourth-order valence-corrected chi connectivity index (χ4v) is 0.973. The number of aromatic nitrogens is 1. The van der Waals surface area contributed by atoms with Crippen molar-refractivity contribution in [2.45, 2.75) is 27.3 Å². The van der Waals surface area contributed by atoms with Crippen LogP contribution in [-0.4, -0.2) is 17.4 Å². The molecule has 1 rings (SSSR count). The van der Waals surface area contributed by atoms with Crippen LogP contribution in [0.5, 0.6) is 5.88 Å². The molecule has 0 aromatic carbocycles. The summed E-state index contributed by atoms with van der Waals surface area (Å²) in [5.74, 6) is 0.506. The van der Waals surface area contributed by atoms with Gasteiger partial charge < -0.3 is 10.5 Å². The molecule has 0 saturated carbocycles. The maximum absolute atomic E-state index is 11.6. The van der Waals surface area contributed by atoms with Crippen molar-refractivity contribution in [1.29, 1.82) is 0 Å². The van der Waals surface area contributed by atoms with E-state index in [9.17, 15) is 4.79 Å². The van der Waals surface area contributed by atoms with Crippen LogP contribution in [0.2, 0.25) is 0 Å². The Kier molecular flexibility index (Phi) is 4.01. The molecule has 0 bridgehead atoms. The van der Waals surface area contributed by atoms with E-state index < -0.39 is 0 Å². The van der Waals surface area contributed by atoms with Crippen molar-refractivity contribution in [3.63, 3.8) is 0 Å². The van der Waals surface area contributed by atoms with Gasteiger partial charge in [-0.05, 0) is 5.56 Å². The number of pyridine rings is 1. The third-order valence-electron chi connectivity index (χ3n) is 2.22. The molecule has 4 heteroatoms. The van der Waals surface area contributed by atoms with E-state index in [2.05, 4.69) is 4.98 Å². The van der Waals surface area contributed by atoms with Gasteiger partial charge in [0.2, 0.25) is 5.88 Å². The highest BCUT2D eigenvalue weighted by atomic mass is 16.5. The van der Waals surface area contributed by atoms with Crippen LogP contribution in [0.3, 0.4) is 0 Å². The van der Waals surface area contributed by atoms with Crippen molar-refractivity contribution < 1.29 is 9.53 Å². The molecular weight excluding hydrogens is 204 g/mol. The Morgan fingerprint density at radius 2 is 2.12 bits per heavy atom. The number of carbonyl (C=O) groups excluding carboxylic acids is 1. The van der Waals surface area contributed by atoms with Gasteiger partial charge >= 0.3 is 0 Å². The summed E-state index contributed by atoms with van der Waals surface area (Å²) in [4.78, 5) is 15.6. The summed E-state index contributed by atoms with van der Waals surface area (Å²) in [5.41, 5.74) is 6.01. The van der Waals surface area contributed by atoms with Crippen molar-refractivity contribution in [3.8, 4) is 5.88 Å². The van der Waals surface area contributed by atoms with Gasteiger partial charge in [0.25, 0.3) is 0 Å². The third-order valence-corrected chi connectivity index (χ3v) is 2.22. The van der Waals surface area contributed by atoms with Crippen molar-refractivity contribution in [3.05, 3.63) is 23.9 Å². The van der Waals surface area contributed by atoms with Crippen molar-refractivity contribution in [1.82, 2.24) is 4.98 Å². The number of nitrogens with zero attached hydrogens (tertiary/aromatic N) is 1. The number of rotatable bonds is 4. The SMILES string of the molecule is CC(C)(C)C(=O)COc1ccc(CN)cn1. The minimum absolute atomic E-state index is 0.0530. The zero-order chi connectivity index (χ0) is 12.2. The first-order valence-electron chi connectivity index (χ1n) is 5.24. The predicted octanol–water partition coefficient (Wildman–Crippen LogP) is 1.53. The lowest BCUT2D eigenvalue weighted by molar-refractivity contribution is -0.128. The fraction of sp³-hybridized carbons (Fsp3) is 0.500. The van der Waals surface area contributed by atoms with Gasteiger partial charge in [0.05, 0.1) is 0 Å². The molecule has 0 unspecified atom stereocenters. The molecule has 4 nitrogen and oxygen atoms in total. The monoisotopic (exact) mass is 222 g/mol. The quantitative estimate of drug-likeness (QED) is 0.839. The molecule has 0 aliphatic rings. The van der Waals surface area contributed by atoms with Gasteiger partial charge in [-0.15, -0.1) is 0 Å². The minimum atomic E-state index is -0.378. The Morgan fingerprint density at radius 3 is 2.56 bits per heavy atom. The number of ketones is 1. The zero-order valence-electron chi connectivity index (χ0n) is 9.99. The molecule has 2 N–H and O–H groups in total. The molecule has 0 aliphatic heterocycles. The molecule has 0 spiro atoms. The normalized spacial score (nSPS) is 11.2. The average Bonchev–Trinajstić information content (AvgIpc) is 2.25. The third kappa shape index (κ3) is 3.62. The van der Waals surface area contributed by atoms with Crippen molar-refractivity contribution in [2.75, 3.05) is 6.61 Å². The molecule has 0 aliphatic carbocycles. The Morgan fingerprint density at radius 1 is 1.44 bits per heavy atom. The maximum Gasteiger partial charge on any atom is 0.213 e. The first kappa shape index (κ1) is 12.6. The average molecular weight is 222 g/mol. The lowest BCUT2D eigenvalue weighted by atomic mass is 9.91. The number of nitrogens with two attached hydrogens (primary N) is 1. The van der Waals surface area contributed by atoms with E-state index in [1.54, 1.807) is 12.3 Å². The standard InChI is InChI=1S/C12H18N2O2/c1-12(2,3)10(15)8-16-11-5-4-9(6-13)7-14-11/h4-5,7H,6,8,13H2,1-3H3. The van der Waals surface area contributed by atoms with Crippen LogP contribution >= 0.6 is 0 Å². The van der Waals surface area contributed by atoms with E-state index in [0.717, 1.165) is 5.56 Å². The van der Waals surface area contributed by atoms with Crippen LogP contribution in [0.15, 0.2) is 18.3 Å². The Labute approximate surface area is 95.8 Å². The summed E-state index contributed by atoms with van der Waals surface area (Å²) in [6.45, 7) is 6.10. The molecule has 0 radical (unpaired) electrons. The molecule has 1 heterocycles. The first-order valence-corrected chi connectivity index (χ1v) is 5.24. The highest BCUT2D eigenvalue weighted by Gasteiger charge is 2.21. The Hall–Kier alpha value is -1.42. The van der Waals surface area contributed by atoms with Gasteiger partial charge in [0, 0.05) is 24.2 Å². The summed E-state index contributed by atoms with van der Waals surface area (Å²) >= 11 is 0. The summed E-state index contributed by atoms with van der Waals surface area (Å²) in [6, 6.07) is 3.56. The van der Waals surface area contributed by atoms with Gasteiger partial charge in [0.1, 0.15) is 6.61 Å². The number of hydrogen-bond acceptors (Lipinski definition) is 4. The molecule has 0 amide bonds. The first-order chi connectivity index (χ1) is 7.43. The molecule has 1 aromatic rings. The zero-order valence-corrected chi connectivity index (χ0v) is 9.99. The van der Waals surface area contributed by atoms with E-state index in [-0.39, 0.29) is 17.8 Å². The summed E-state index contributed by atoms with van der Waals surface area (Å²) < 4.78 is 5.29. The van der Waals surface area contributed by atoms with E-state index in [0.29, 0.717) is 12.4 Å². The van der Waals surface area contributed by atoms with Gasteiger partial charge in [0.15, 0.2) is 5.78 Å². The summed E-state index contributed by atoms with van der Waals surface area (Å²) in [7, 11) is 0. The van der Waals surface area contributed by atoms with Crippen LogP contribution in [-0.2, 0) is 11.3 Å². The van der Waals surface area contributed by atoms with Crippen LogP contribution in [0.4, 0.5) is 0 Å². The van der Waals surface area contributed by atoms with E-state index in [1.807, 2.05) is 26.8 Å². The second-order valence-electron chi connectivity index (χ2n) is 4.67. The Balaban J connectivity index is 2.52. The number of ether oxygens (including phenoxy) is 1. The van der Waals surface area contributed by atoms with Gasteiger partial charge in [-0.25, -0.2) is 4.98 Å². The fourth-order valence-electron chi connectivity index (χ4n) is 0.973. The highest BCUT2D eigenvalue weighted by molar-refractivity contribution is 5.84. The van der Waals surface area contributed by atoms with Gasteiger partial charge in [-0.2, -0.15) is 0 Å². The largest absolute Gasteiger partial charge is 0.470 e. The van der Waals surface area contributed by atoms with Crippen molar-refractivity contribution >= 4 is 5.78 Å². The predicted molar refractivity (Wildman–Crippen MR) is 62.1 cm³/mol. The molecule has 0 saturated heterocycles. The number of hydrogen-bond donors (Lipinski definition) is 1. The molecular formula is C12H18N2O2. The van der Waals surface area contributed by atoms with Crippen LogP contribution in [0.1, 0.15) is 26.3 Å². The maximum atomic E-state index is 11.6. The van der Waals surface area contributed by atoms with E-state index in [4.69, 9.17) is 10.5 Å². The number of carbonyl (C=O) groups is 1. The second-order valence-corrected chi connectivity index (χ2v) is 4.67. The molecule has 88 valence electrons. The highest BCUT2D eigenvalue weighted by Crippen LogP contribution is 2.15. The van der Waals surface area contributed by atoms with Crippen LogP contribution in [0, 0.1) is 5.41 Å². The van der Waals surface area contributed by atoms with Gasteiger partial charge in [-0.3, -0.25) is 4.79 Å². The van der Waals surface area contributed by atoms with E-state index in [1.165, 1.54) is 0 Å². The molecule has 0 fully saturated rings. The van der Waals surface area contributed by atoms with Crippen LogP contribution in [0.25, 0.3) is 0 Å². The minimum Gasteiger partial charge on any atom is -0.470 e. The summed E-state index contributed by atoms with van der Waals surface area (Å²) in [6.07, 6.45) is 1.65. The topological polar surface area (TPSA) is 65.2 Å². The smallest absolute Gasteiger partial charge is 0.213 e. The Bertz CT molecular complexity index is 352. The van der Waals surface area contributed by atoms with Gasteiger partial charge in [-0.1, -0.05) is 26.8 Å². The molecule has 16 heavy (non-hydrogen) atoms.